The van der Waals surface area contributed by atoms with Gasteiger partial charge in [-0.3, -0.25) is 0 Å². The van der Waals surface area contributed by atoms with Crippen LogP contribution in [0.1, 0.15) is 53.7 Å². The molecule has 1 atom stereocenters. The molecule has 1 rings (SSSR count). The van der Waals surface area contributed by atoms with Crippen LogP contribution < -0.4 is 10.1 Å². The van der Waals surface area contributed by atoms with Gasteiger partial charge < -0.3 is 10.1 Å². The summed E-state index contributed by atoms with van der Waals surface area (Å²) in [7, 11) is 0. The number of ether oxygens (including phenoxy) is 1. The zero-order chi connectivity index (χ0) is 15.2. The van der Waals surface area contributed by atoms with Crippen LogP contribution in [0.5, 0.6) is 5.88 Å². The Morgan fingerprint density at radius 3 is 2.50 bits per heavy atom. The second kappa shape index (κ2) is 7.58. The first-order valence-corrected chi connectivity index (χ1v) is 7.54. The summed E-state index contributed by atoms with van der Waals surface area (Å²) >= 11 is 0. The van der Waals surface area contributed by atoms with Crippen LogP contribution in [0, 0.1) is 5.41 Å². The molecule has 4 heteroatoms. The Balaban J connectivity index is 2.77. The molecule has 0 fully saturated rings. The van der Waals surface area contributed by atoms with Gasteiger partial charge in [-0.15, -0.1) is 0 Å². The van der Waals surface area contributed by atoms with E-state index in [0.717, 1.165) is 25.1 Å². The molecular formula is C16H29N3O. The summed E-state index contributed by atoms with van der Waals surface area (Å²) in [5.41, 5.74) is 1.22. The molecule has 0 aliphatic heterocycles. The highest BCUT2D eigenvalue weighted by Gasteiger charge is 2.24. The Morgan fingerprint density at radius 1 is 1.25 bits per heavy atom. The highest BCUT2D eigenvalue weighted by Crippen LogP contribution is 2.23. The largest absolute Gasteiger partial charge is 0.475 e. The predicted octanol–water partition coefficient (Wildman–Crippen LogP) is 3.22. The zero-order valence-corrected chi connectivity index (χ0v) is 13.7. The maximum atomic E-state index is 5.63. The molecule has 0 bridgehead atoms. The maximum Gasteiger partial charge on any atom is 0.216 e. The van der Waals surface area contributed by atoms with Crippen molar-refractivity contribution < 1.29 is 4.74 Å². The Bertz CT molecular complexity index is 399. The van der Waals surface area contributed by atoms with E-state index in [1.54, 1.807) is 6.33 Å². The minimum atomic E-state index is 0.134. The second-order valence-electron chi connectivity index (χ2n) is 6.59. The summed E-state index contributed by atoms with van der Waals surface area (Å²) in [5, 5.41) is 3.62. The number of aromatic nitrogens is 2. The van der Waals surface area contributed by atoms with Crippen molar-refractivity contribution in [1.29, 1.82) is 0 Å². The minimum Gasteiger partial charge on any atom is -0.475 e. The summed E-state index contributed by atoms with van der Waals surface area (Å²) in [6.07, 6.45) is 3.75. The van der Waals surface area contributed by atoms with Crippen LogP contribution in [0.25, 0.3) is 0 Å². The van der Waals surface area contributed by atoms with E-state index in [4.69, 9.17) is 4.74 Å². The number of hydrogen-bond acceptors (Lipinski definition) is 4. The van der Waals surface area contributed by atoms with E-state index in [-0.39, 0.29) is 11.5 Å². The third-order valence-electron chi connectivity index (χ3n) is 3.15. The summed E-state index contributed by atoms with van der Waals surface area (Å²) in [6, 6.07) is 2.34. The lowest BCUT2D eigenvalue weighted by atomic mass is 9.84. The third kappa shape index (κ3) is 5.87. The molecule has 1 aromatic rings. The fraction of sp³-hybridized carbons (Fsp3) is 0.750. The van der Waals surface area contributed by atoms with E-state index in [0.29, 0.717) is 11.9 Å². The van der Waals surface area contributed by atoms with Gasteiger partial charge in [-0.25, -0.2) is 9.97 Å². The van der Waals surface area contributed by atoms with Crippen molar-refractivity contribution in [2.75, 3.05) is 6.54 Å². The Morgan fingerprint density at radius 2 is 1.95 bits per heavy atom. The van der Waals surface area contributed by atoms with E-state index >= 15 is 0 Å². The molecule has 0 aliphatic carbocycles. The molecule has 0 aromatic carbocycles. The molecule has 0 amide bonds. The molecule has 20 heavy (non-hydrogen) atoms. The fourth-order valence-electron chi connectivity index (χ4n) is 2.01. The van der Waals surface area contributed by atoms with Crippen LogP contribution in [0.15, 0.2) is 12.4 Å². The first kappa shape index (κ1) is 16.9. The van der Waals surface area contributed by atoms with Gasteiger partial charge in [-0.1, -0.05) is 27.7 Å². The van der Waals surface area contributed by atoms with Gasteiger partial charge in [0.1, 0.15) is 6.33 Å². The Hall–Kier alpha value is -1.16. The van der Waals surface area contributed by atoms with Gasteiger partial charge >= 0.3 is 0 Å². The van der Waals surface area contributed by atoms with Gasteiger partial charge in [0.2, 0.25) is 5.88 Å². The van der Waals surface area contributed by atoms with Crippen molar-refractivity contribution in [3.8, 4) is 5.88 Å². The average molecular weight is 279 g/mol. The highest BCUT2D eigenvalue weighted by molar-refractivity contribution is 5.15. The van der Waals surface area contributed by atoms with E-state index in [9.17, 15) is 0 Å². The SMILES string of the molecule is CCCNC(Cc1cc(OC(C)C)ncn1)C(C)(C)C. The number of nitrogens with zero attached hydrogens (tertiary/aromatic N) is 2. The minimum absolute atomic E-state index is 0.134. The monoisotopic (exact) mass is 279 g/mol. The lowest BCUT2D eigenvalue weighted by Gasteiger charge is -2.31. The molecule has 1 heterocycles. The summed E-state index contributed by atoms with van der Waals surface area (Å²) in [6.45, 7) is 14.0. The Labute approximate surface area is 123 Å². The van der Waals surface area contributed by atoms with E-state index in [2.05, 4.69) is 43.0 Å². The number of nitrogens with one attached hydrogen (secondary N) is 1. The maximum absolute atomic E-state index is 5.63. The third-order valence-corrected chi connectivity index (χ3v) is 3.15. The van der Waals surface area contributed by atoms with Gasteiger partial charge in [0, 0.05) is 24.2 Å². The van der Waals surface area contributed by atoms with Crippen molar-refractivity contribution in [3.05, 3.63) is 18.1 Å². The van der Waals surface area contributed by atoms with Crippen LogP contribution >= 0.6 is 0 Å². The van der Waals surface area contributed by atoms with Gasteiger partial charge in [0.15, 0.2) is 0 Å². The van der Waals surface area contributed by atoms with Crippen LogP contribution in [0.4, 0.5) is 0 Å². The smallest absolute Gasteiger partial charge is 0.216 e. The van der Waals surface area contributed by atoms with Crippen LogP contribution in [-0.4, -0.2) is 28.7 Å². The normalized spacial score (nSPS) is 13.6. The van der Waals surface area contributed by atoms with Gasteiger partial charge in [-0.2, -0.15) is 0 Å². The molecule has 1 N–H and O–H groups in total. The van der Waals surface area contributed by atoms with Crippen LogP contribution in [0.2, 0.25) is 0 Å². The van der Waals surface area contributed by atoms with Gasteiger partial charge in [0.25, 0.3) is 0 Å². The molecule has 0 saturated heterocycles. The lowest BCUT2D eigenvalue weighted by Crippen LogP contribution is -2.42. The number of rotatable bonds is 7. The average Bonchev–Trinajstić information content (AvgIpc) is 2.32. The van der Waals surface area contributed by atoms with Crippen molar-refractivity contribution >= 4 is 0 Å². The summed E-state index contributed by atoms with van der Waals surface area (Å²) in [5.74, 6) is 0.660. The molecule has 4 nitrogen and oxygen atoms in total. The second-order valence-corrected chi connectivity index (χ2v) is 6.59. The molecular weight excluding hydrogens is 250 g/mol. The van der Waals surface area contributed by atoms with Crippen molar-refractivity contribution in [3.63, 3.8) is 0 Å². The lowest BCUT2D eigenvalue weighted by molar-refractivity contribution is 0.230. The van der Waals surface area contributed by atoms with Gasteiger partial charge in [0.05, 0.1) is 6.10 Å². The molecule has 0 spiro atoms. The first-order valence-electron chi connectivity index (χ1n) is 7.54. The topological polar surface area (TPSA) is 47.0 Å². The fourth-order valence-corrected chi connectivity index (χ4v) is 2.01. The quantitative estimate of drug-likeness (QED) is 0.832. The first-order chi connectivity index (χ1) is 9.32. The summed E-state index contributed by atoms with van der Waals surface area (Å²) in [4.78, 5) is 8.53. The predicted molar refractivity (Wildman–Crippen MR) is 83.0 cm³/mol. The molecule has 0 radical (unpaired) electrons. The van der Waals surface area contributed by atoms with Gasteiger partial charge in [-0.05, 0) is 32.2 Å². The molecule has 114 valence electrons. The zero-order valence-electron chi connectivity index (χ0n) is 13.7. The van der Waals surface area contributed by atoms with E-state index < -0.39 is 0 Å². The molecule has 1 aromatic heterocycles. The van der Waals surface area contributed by atoms with E-state index in [1.807, 2.05) is 19.9 Å². The van der Waals surface area contributed by atoms with Crippen LogP contribution in [0.3, 0.4) is 0 Å². The van der Waals surface area contributed by atoms with Crippen molar-refractivity contribution in [2.24, 2.45) is 5.41 Å². The standard InChI is InChI=1S/C16H29N3O/c1-7-8-17-14(16(4,5)6)9-13-10-15(19-11-18-13)20-12(2)3/h10-12,14,17H,7-9H2,1-6H3. The van der Waals surface area contributed by atoms with Crippen LogP contribution in [-0.2, 0) is 6.42 Å². The Kier molecular flexibility index (Phi) is 6.40. The summed E-state index contributed by atoms with van der Waals surface area (Å²) < 4.78 is 5.63. The van der Waals surface area contributed by atoms with Crippen molar-refractivity contribution in [1.82, 2.24) is 15.3 Å². The van der Waals surface area contributed by atoms with E-state index in [1.165, 1.54) is 0 Å². The highest BCUT2D eigenvalue weighted by atomic mass is 16.5. The number of hydrogen-bond donors (Lipinski definition) is 1. The van der Waals surface area contributed by atoms with Crippen molar-refractivity contribution in [2.45, 2.75) is 66.5 Å². The molecule has 0 saturated carbocycles. The molecule has 1 unspecified atom stereocenters. The molecule has 0 aliphatic rings.